The number of rotatable bonds is 6. The number of nitrogens with zero attached hydrogens (tertiary/aromatic N) is 4. The van der Waals surface area contributed by atoms with Crippen molar-refractivity contribution in [3.8, 4) is 17.1 Å². The number of aromatic nitrogens is 4. The lowest BCUT2D eigenvalue weighted by molar-refractivity contribution is -0.113. The predicted octanol–water partition coefficient (Wildman–Crippen LogP) is 5.98. The summed E-state index contributed by atoms with van der Waals surface area (Å²) >= 11 is 13.4. The van der Waals surface area contributed by atoms with Crippen molar-refractivity contribution in [2.24, 2.45) is 0 Å². The summed E-state index contributed by atoms with van der Waals surface area (Å²) in [4.78, 5) is 16.7. The van der Waals surface area contributed by atoms with Crippen LogP contribution in [0.1, 0.15) is 11.1 Å². The monoisotopic (exact) mass is 483 g/mol. The van der Waals surface area contributed by atoms with Gasteiger partial charge in [-0.2, -0.15) is 0 Å². The molecule has 0 saturated carbocycles. The van der Waals surface area contributed by atoms with E-state index in [1.807, 2.05) is 22.8 Å². The van der Waals surface area contributed by atoms with Gasteiger partial charge >= 0.3 is 0 Å². The molecule has 9 heteroatoms. The van der Waals surface area contributed by atoms with Crippen LogP contribution in [0.5, 0.6) is 0 Å². The molecular weight excluding hydrogens is 465 g/mol. The number of benzene rings is 2. The van der Waals surface area contributed by atoms with Crippen molar-refractivity contribution < 1.29 is 4.79 Å². The molecule has 2 aromatic heterocycles. The van der Waals surface area contributed by atoms with Crippen molar-refractivity contribution in [1.82, 2.24) is 19.7 Å². The van der Waals surface area contributed by atoms with Gasteiger partial charge in [-0.3, -0.25) is 14.3 Å². The summed E-state index contributed by atoms with van der Waals surface area (Å²) in [5.74, 6) is 0.582. The zero-order chi connectivity index (χ0) is 22.7. The first kappa shape index (κ1) is 22.3. The van der Waals surface area contributed by atoms with Crippen LogP contribution in [-0.4, -0.2) is 31.4 Å². The number of anilines is 1. The lowest BCUT2D eigenvalue weighted by Crippen LogP contribution is -2.15. The van der Waals surface area contributed by atoms with Crippen LogP contribution in [0.2, 0.25) is 10.0 Å². The van der Waals surface area contributed by atoms with E-state index in [1.54, 1.807) is 30.6 Å². The molecular formula is C23H19Cl2N5OS. The summed E-state index contributed by atoms with van der Waals surface area (Å²) in [7, 11) is 0. The Kier molecular flexibility index (Phi) is 6.79. The molecule has 1 amide bonds. The van der Waals surface area contributed by atoms with Crippen molar-refractivity contribution in [2.75, 3.05) is 11.1 Å². The van der Waals surface area contributed by atoms with Gasteiger partial charge < -0.3 is 5.32 Å². The van der Waals surface area contributed by atoms with E-state index in [9.17, 15) is 4.79 Å². The van der Waals surface area contributed by atoms with Gasteiger partial charge in [-0.05, 0) is 67.4 Å². The molecule has 32 heavy (non-hydrogen) atoms. The van der Waals surface area contributed by atoms with Gasteiger partial charge in [-0.1, -0.05) is 41.0 Å². The molecule has 4 rings (SSSR count). The van der Waals surface area contributed by atoms with Crippen LogP contribution >= 0.6 is 35.0 Å². The molecule has 0 bridgehead atoms. The second kappa shape index (κ2) is 9.73. The number of aryl methyl sites for hydroxylation is 2. The zero-order valence-corrected chi connectivity index (χ0v) is 19.7. The van der Waals surface area contributed by atoms with Crippen molar-refractivity contribution in [2.45, 2.75) is 19.0 Å². The van der Waals surface area contributed by atoms with Crippen molar-refractivity contribution in [1.29, 1.82) is 0 Å². The number of amides is 1. The molecule has 0 spiro atoms. The third-order valence-electron chi connectivity index (χ3n) is 4.86. The molecule has 2 aromatic carbocycles. The number of nitrogens with one attached hydrogen (secondary N) is 1. The van der Waals surface area contributed by atoms with Crippen molar-refractivity contribution >= 4 is 46.6 Å². The lowest BCUT2D eigenvalue weighted by atomic mass is 10.1. The van der Waals surface area contributed by atoms with E-state index >= 15 is 0 Å². The van der Waals surface area contributed by atoms with E-state index in [4.69, 9.17) is 23.2 Å². The number of pyridine rings is 1. The number of hydrogen-bond acceptors (Lipinski definition) is 5. The predicted molar refractivity (Wildman–Crippen MR) is 130 cm³/mol. The molecule has 4 aromatic rings. The van der Waals surface area contributed by atoms with E-state index in [0.29, 0.717) is 26.7 Å². The van der Waals surface area contributed by atoms with Gasteiger partial charge in [-0.15, -0.1) is 10.2 Å². The van der Waals surface area contributed by atoms with Crippen LogP contribution in [0.3, 0.4) is 0 Å². The quantitative estimate of drug-likeness (QED) is 0.341. The minimum Gasteiger partial charge on any atom is -0.324 e. The standard InChI is InChI=1S/C23H19Cl2N5OS/c1-14-3-5-18(11-15(14)2)30-22(16-7-9-26-10-8-16)28-29-23(30)32-13-21(31)27-20-12-17(24)4-6-19(20)25/h3-12H,13H2,1-2H3,(H,27,31). The smallest absolute Gasteiger partial charge is 0.234 e. The highest BCUT2D eigenvalue weighted by Crippen LogP contribution is 2.29. The highest BCUT2D eigenvalue weighted by Gasteiger charge is 2.18. The first-order valence-corrected chi connectivity index (χ1v) is 11.5. The minimum absolute atomic E-state index is 0.127. The number of carbonyl (C=O) groups is 1. The summed E-state index contributed by atoms with van der Waals surface area (Å²) in [5, 5.41) is 13.1. The third-order valence-corrected chi connectivity index (χ3v) is 6.35. The van der Waals surface area contributed by atoms with E-state index < -0.39 is 0 Å². The van der Waals surface area contributed by atoms with E-state index in [1.165, 1.54) is 17.3 Å². The summed E-state index contributed by atoms with van der Waals surface area (Å²) in [6, 6.07) is 14.8. The normalized spacial score (nSPS) is 10.9. The Morgan fingerprint density at radius 2 is 1.78 bits per heavy atom. The van der Waals surface area contributed by atoms with E-state index in [2.05, 4.69) is 46.5 Å². The fourth-order valence-electron chi connectivity index (χ4n) is 3.06. The second-order valence-corrected chi connectivity index (χ2v) is 8.89. The Morgan fingerprint density at radius 3 is 2.53 bits per heavy atom. The SMILES string of the molecule is Cc1ccc(-n2c(SCC(=O)Nc3cc(Cl)ccc3Cl)nnc2-c2ccncc2)cc1C. The van der Waals surface area contributed by atoms with Crippen molar-refractivity contribution in [3.05, 3.63) is 82.1 Å². The van der Waals surface area contributed by atoms with Crippen LogP contribution in [0.15, 0.2) is 66.1 Å². The topological polar surface area (TPSA) is 72.7 Å². The molecule has 6 nitrogen and oxygen atoms in total. The first-order valence-electron chi connectivity index (χ1n) is 9.73. The average Bonchev–Trinajstić information content (AvgIpc) is 3.21. The zero-order valence-electron chi connectivity index (χ0n) is 17.3. The highest BCUT2D eigenvalue weighted by molar-refractivity contribution is 7.99. The molecule has 0 unspecified atom stereocenters. The van der Waals surface area contributed by atoms with Gasteiger partial charge in [-0.25, -0.2) is 0 Å². The van der Waals surface area contributed by atoms with Gasteiger partial charge in [0.2, 0.25) is 5.91 Å². The van der Waals surface area contributed by atoms with Crippen LogP contribution in [-0.2, 0) is 4.79 Å². The van der Waals surface area contributed by atoms with Gasteiger partial charge in [0.25, 0.3) is 0 Å². The first-order chi connectivity index (χ1) is 15.4. The molecule has 162 valence electrons. The Balaban J connectivity index is 1.62. The molecule has 0 atom stereocenters. The highest BCUT2D eigenvalue weighted by atomic mass is 35.5. The number of halogens is 2. The van der Waals surface area contributed by atoms with Crippen LogP contribution in [0.4, 0.5) is 5.69 Å². The van der Waals surface area contributed by atoms with Crippen molar-refractivity contribution in [3.63, 3.8) is 0 Å². The van der Waals surface area contributed by atoms with Crippen LogP contribution in [0.25, 0.3) is 17.1 Å². The molecule has 0 radical (unpaired) electrons. The minimum atomic E-state index is -0.223. The Hall–Kier alpha value is -2.87. The molecule has 0 aliphatic heterocycles. The number of carbonyl (C=O) groups excluding carboxylic acids is 1. The number of hydrogen-bond donors (Lipinski definition) is 1. The summed E-state index contributed by atoms with van der Waals surface area (Å²) < 4.78 is 1.95. The van der Waals surface area contributed by atoms with E-state index in [-0.39, 0.29) is 11.7 Å². The summed E-state index contributed by atoms with van der Waals surface area (Å²) in [6.07, 6.45) is 3.42. The fraction of sp³-hybridized carbons (Fsp3) is 0.130. The van der Waals surface area contributed by atoms with Gasteiger partial charge in [0.1, 0.15) is 0 Å². The molecule has 1 N–H and O–H groups in total. The Morgan fingerprint density at radius 1 is 1.00 bits per heavy atom. The molecule has 0 saturated heterocycles. The summed E-state index contributed by atoms with van der Waals surface area (Å²) in [5.41, 5.74) is 4.62. The molecule has 0 aliphatic rings. The maximum atomic E-state index is 12.6. The molecule has 0 aliphatic carbocycles. The second-order valence-electron chi connectivity index (χ2n) is 7.11. The molecule has 2 heterocycles. The molecule has 0 fully saturated rings. The maximum Gasteiger partial charge on any atom is 0.234 e. The number of thioether (sulfide) groups is 1. The summed E-state index contributed by atoms with van der Waals surface area (Å²) in [6.45, 7) is 4.13. The Labute approximate surface area is 200 Å². The lowest BCUT2D eigenvalue weighted by Gasteiger charge is -2.12. The van der Waals surface area contributed by atoms with Gasteiger partial charge in [0.05, 0.1) is 22.2 Å². The van der Waals surface area contributed by atoms with Gasteiger partial charge in [0, 0.05) is 23.0 Å². The van der Waals surface area contributed by atoms with Crippen LogP contribution < -0.4 is 5.32 Å². The van der Waals surface area contributed by atoms with Crippen LogP contribution in [0, 0.1) is 13.8 Å². The largest absolute Gasteiger partial charge is 0.324 e. The Bertz CT molecular complexity index is 1280. The van der Waals surface area contributed by atoms with E-state index in [0.717, 1.165) is 16.8 Å². The maximum absolute atomic E-state index is 12.6. The fourth-order valence-corrected chi connectivity index (χ4v) is 4.15. The van der Waals surface area contributed by atoms with Gasteiger partial charge in [0.15, 0.2) is 11.0 Å². The average molecular weight is 484 g/mol. The third kappa shape index (κ3) is 4.96.